The number of aliphatic hydroxyl groups excluding tert-OH is 1. The summed E-state index contributed by atoms with van der Waals surface area (Å²) in [5.41, 5.74) is 1.14. The number of nitrogens with zero attached hydrogens (tertiary/aromatic N) is 3. The van der Waals surface area contributed by atoms with Gasteiger partial charge in [0.05, 0.1) is 29.7 Å². The Kier molecular flexibility index (Phi) is 11.0. The number of hydrogen-bond acceptors (Lipinski definition) is 6. The van der Waals surface area contributed by atoms with E-state index < -0.39 is 17.8 Å². The van der Waals surface area contributed by atoms with Crippen LogP contribution in [0.3, 0.4) is 0 Å². The first kappa shape index (κ1) is 28.1. The Morgan fingerprint density at radius 1 is 1.26 bits per heavy atom. The van der Waals surface area contributed by atoms with Gasteiger partial charge in [-0.3, -0.25) is 9.78 Å². The molecule has 0 fully saturated rings. The predicted molar refractivity (Wildman–Crippen MR) is 134 cm³/mol. The van der Waals surface area contributed by atoms with Gasteiger partial charge in [0.2, 0.25) is 5.91 Å². The van der Waals surface area contributed by atoms with Crippen molar-refractivity contribution in [2.24, 2.45) is 0 Å². The summed E-state index contributed by atoms with van der Waals surface area (Å²) < 4.78 is 5.22. The molecule has 0 radical (unpaired) electrons. The highest BCUT2D eigenvalue weighted by molar-refractivity contribution is 6.31. The average Bonchev–Trinajstić information content (AvgIpc) is 2.79. The Morgan fingerprint density at radius 3 is 2.66 bits per heavy atom. The van der Waals surface area contributed by atoms with Crippen molar-refractivity contribution in [2.45, 2.75) is 58.2 Å². The number of hydrogen-bond donors (Lipinski definition) is 2. The Labute approximate surface area is 211 Å². The largest absolute Gasteiger partial charge is 0.444 e. The van der Waals surface area contributed by atoms with Gasteiger partial charge in [0, 0.05) is 31.0 Å². The molecule has 0 saturated heterocycles. The molecule has 2 aromatic rings. The van der Waals surface area contributed by atoms with E-state index >= 15 is 0 Å². The molecule has 1 heterocycles. The molecule has 0 aliphatic carbocycles. The molecule has 8 nitrogen and oxygen atoms in total. The Morgan fingerprint density at radius 2 is 2.03 bits per heavy atom. The number of nitriles is 1. The van der Waals surface area contributed by atoms with Gasteiger partial charge in [-0.2, -0.15) is 5.26 Å². The van der Waals surface area contributed by atoms with Gasteiger partial charge in [0.1, 0.15) is 11.7 Å². The number of alkyl carbamates (subject to hydrolysis) is 1. The third-order valence-corrected chi connectivity index (χ3v) is 5.41. The first-order valence-electron chi connectivity index (χ1n) is 11.6. The fourth-order valence-electron chi connectivity index (χ4n) is 3.36. The first-order valence-corrected chi connectivity index (χ1v) is 12.0. The lowest BCUT2D eigenvalue weighted by molar-refractivity contribution is -0.132. The summed E-state index contributed by atoms with van der Waals surface area (Å²) in [6.07, 6.45) is 4.21. The standard InChI is InChI=1S/C26H33ClN4O4/c1-26(2,3)35-25(34)30-12-5-4-6-13-31(18-23(32)21-8-7-11-29-17-21)24(33)15-19-9-10-20(16-28)22(27)14-19/h7-11,14,17,23,32H,4-6,12-13,15,18H2,1-3H3,(H,30,34)/t23-/m1/s1. The number of nitrogens with one attached hydrogen (secondary N) is 1. The van der Waals surface area contributed by atoms with Crippen LogP contribution >= 0.6 is 11.6 Å². The quantitative estimate of drug-likeness (QED) is 0.441. The first-order chi connectivity index (χ1) is 16.6. The smallest absolute Gasteiger partial charge is 0.407 e. The van der Waals surface area contributed by atoms with Crippen LogP contribution in [0.25, 0.3) is 0 Å². The summed E-state index contributed by atoms with van der Waals surface area (Å²) in [6.45, 7) is 6.49. The van der Waals surface area contributed by atoms with Crippen LogP contribution in [0.1, 0.15) is 62.8 Å². The number of pyridine rings is 1. The summed E-state index contributed by atoms with van der Waals surface area (Å²) >= 11 is 6.11. The maximum Gasteiger partial charge on any atom is 0.407 e. The van der Waals surface area contributed by atoms with Gasteiger partial charge in [-0.15, -0.1) is 0 Å². The van der Waals surface area contributed by atoms with Crippen LogP contribution in [0.2, 0.25) is 5.02 Å². The molecule has 1 atom stereocenters. The highest BCUT2D eigenvalue weighted by atomic mass is 35.5. The number of amides is 2. The van der Waals surface area contributed by atoms with E-state index in [9.17, 15) is 14.7 Å². The maximum atomic E-state index is 13.1. The Balaban J connectivity index is 1.93. The van der Waals surface area contributed by atoms with Crippen LogP contribution in [0, 0.1) is 11.3 Å². The van der Waals surface area contributed by atoms with Crippen LogP contribution in [0.4, 0.5) is 4.79 Å². The number of carbonyl (C=O) groups is 2. The summed E-state index contributed by atoms with van der Waals surface area (Å²) in [6, 6.07) is 10.4. The van der Waals surface area contributed by atoms with Crippen LogP contribution in [0.5, 0.6) is 0 Å². The molecule has 0 spiro atoms. The van der Waals surface area contributed by atoms with E-state index in [-0.39, 0.29) is 18.9 Å². The second kappa shape index (κ2) is 13.7. The second-order valence-corrected chi connectivity index (χ2v) is 9.64. The predicted octanol–water partition coefficient (Wildman–Crippen LogP) is 4.41. The van der Waals surface area contributed by atoms with Gasteiger partial charge < -0.3 is 20.1 Å². The molecule has 9 heteroatoms. The number of halogens is 1. The van der Waals surface area contributed by atoms with Crippen LogP contribution in [0.15, 0.2) is 42.7 Å². The third kappa shape index (κ3) is 10.3. The molecule has 35 heavy (non-hydrogen) atoms. The lowest BCUT2D eigenvalue weighted by atomic mass is 10.1. The van der Waals surface area contributed by atoms with Gasteiger partial charge in [-0.1, -0.05) is 23.7 Å². The molecule has 1 aromatic carbocycles. The fourth-order valence-corrected chi connectivity index (χ4v) is 3.61. The van der Waals surface area contributed by atoms with E-state index in [0.717, 1.165) is 12.8 Å². The molecular formula is C26H33ClN4O4. The van der Waals surface area contributed by atoms with E-state index in [0.29, 0.717) is 41.2 Å². The number of aromatic nitrogens is 1. The van der Waals surface area contributed by atoms with Crippen molar-refractivity contribution in [3.63, 3.8) is 0 Å². The molecule has 2 N–H and O–H groups in total. The molecule has 0 unspecified atom stereocenters. The van der Waals surface area contributed by atoms with E-state index in [2.05, 4.69) is 10.3 Å². The van der Waals surface area contributed by atoms with Crippen molar-refractivity contribution in [1.29, 1.82) is 5.26 Å². The summed E-state index contributed by atoms with van der Waals surface area (Å²) in [5.74, 6) is -0.152. The van der Waals surface area contributed by atoms with E-state index in [1.807, 2.05) is 26.8 Å². The zero-order valence-corrected chi connectivity index (χ0v) is 21.2. The summed E-state index contributed by atoms with van der Waals surface area (Å²) in [7, 11) is 0. The van der Waals surface area contributed by atoms with Gasteiger partial charge in [0.25, 0.3) is 0 Å². The number of carbonyl (C=O) groups excluding carboxylic acids is 2. The molecule has 0 aliphatic rings. The van der Waals surface area contributed by atoms with Crippen molar-refractivity contribution in [2.75, 3.05) is 19.6 Å². The fraction of sp³-hybridized carbons (Fsp3) is 0.462. The lowest BCUT2D eigenvalue weighted by Crippen LogP contribution is -2.37. The van der Waals surface area contributed by atoms with Gasteiger partial charge in [-0.25, -0.2) is 4.79 Å². The monoisotopic (exact) mass is 500 g/mol. The van der Waals surface area contributed by atoms with E-state index in [1.54, 1.807) is 47.6 Å². The zero-order chi connectivity index (χ0) is 25.8. The highest BCUT2D eigenvalue weighted by Gasteiger charge is 2.20. The second-order valence-electron chi connectivity index (χ2n) is 9.23. The minimum absolute atomic E-state index is 0.103. The Hall–Kier alpha value is -3.15. The van der Waals surface area contributed by atoms with Crippen LogP contribution < -0.4 is 5.32 Å². The van der Waals surface area contributed by atoms with Crippen molar-refractivity contribution < 1.29 is 19.4 Å². The van der Waals surface area contributed by atoms with E-state index in [4.69, 9.17) is 21.6 Å². The van der Waals surface area contributed by atoms with Gasteiger partial charge in [-0.05, 0) is 63.8 Å². The van der Waals surface area contributed by atoms with Crippen molar-refractivity contribution in [3.8, 4) is 6.07 Å². The normalized spacial score (nSPS) is 11.9. The van der Waals surface area contributed by atoms with Crippen molar-refractivity contribution >= 4 is 23.6 Å². The molecule has 2 rings (SSSR count). The molecule has 0 saturated carbocycles. The number of aliphatic hydroxyl groups is 1. The third-order valence-electron chi connectivity index (χ3n) is 5.10. The number of ether oxygens (including phenoxy) is 1. The lowest BCUT2D eigenvalue weighted by Gasteiger charge is -2.26. The maximum absolute atomic E-state index is 13.1. The van der Waals surface area contributed by atoms with Crippen LogP contribution in [-0.4, -0.2) is 52.2 Å². The van der Waals surface area contributed by atoms with Gasteiger partial charge in [0.15, 0.2) is 0 Å². The molecule has 0 bridgehead atoms. The minimum atomic E-state index is -0.869. The van der Waals surface area contributed by atoms with Gasteiger partial charge >= 0.3 is 6.09 Å². The molecule has 0 aliphatic heterocycles. The molecule has 188 valence electrons. The number of rotatable bonds is 11. The van der Waals surface area contributed by atoms with E-state index in [1.165, 1.54) is 0 Å². The van der Waals surface area contributed by atoms with Crippen molar-refractivity contribution in [1.82, 2.24) is 15.2 Å². The molecule has 2 amide bonds. The molecule has 1 aromatic heterocycles. The zero-order valence-electron chi connectivity index (χ0n) is 20.5. The number of benzene rings is 1. The number of unbranched alkanes of at least 4 members (excludes halogenated alkanes) is 2. The summed E-state index contributed by atoms with van der Waals surface area (Å²) in [4.78, 5) is 30.5. The highest BCUT2D eigenvalue weighted by Crippen LogP contribution is 2.19. The average molecular weight is 501 g/mol. The topological polar surface area (TPSA) is 116 Å². The minimum Gasteiger partial charge on any atom is -0.444 e. The summed E-state index contributed by atoms with van der Waals surface area (Å²) in [5, 5.41) is 22.7. The van der Waals surface area contributed by atoms with Crippen LogP contribution in [-0.2, 0) is 16.0 Å². The Bertz CT molecular complexity index is 1020. The SMILES string of the molecule is CC(C)(C)OC(=O)NCCCCCN(C[C@@H](O)c1cccnc1)C(=O)Cc1ccc(C#N)c(Cl)c1. The molecular weight excluding hydrogens is 468 g/mol. The van der Waals surface area contributed by atoms with Crippen molar-refractivity contribution in [3.05, 3.63) is 64.4 Å².